The first-order valence-corrected chi connectivity index (χ1v) is 10.3. The van der Waals surface area contributed by atoms with Crippen molar-refractivity contribution < 1.29 is 43.2 Å². The second kappa shape index (κ2) is 10.8. The molecule has 4 amide bonds. The third-order valence-corrected chi connectivity index (χ3v) is 5.03. The molecule has 0 spiro atoms. The van der Waals surface area contributed by atoms with Crippen molar-refractivity contribution in [3.05, 3.63) is 0 Å². The van der Waals surface area contributed by atoms with Crippen LogP contribution in [0.25, 0.3) is 0 Å². The number of ketones is 1. The van der Waals surface area contributed by atoms with Crippen LogP contribution in [0.2, 0.25) is 0 Å². The lowest BCUT2D eigenvalue weighted by molar-refractivity contribution is -0.201. The molecule has 0 aromatic carbocycles. The number of hydrogen-bond donors (Lipinski definition) is 0. The summed E-state index contributed by atoms with van der Waals surface area (Å²) < 4.78 is 0. The molecule has 2 fully saturated rings. The molecular weight excluding hydrogens is 412 g/mol. The third-order valence-electron chi connectivity index (χ3n) is 5.03. The molecule has 0 aromatic rings. The molecule has 0 unspecified atom stereocenters. The van der Waals surface area contributed by atoms with Crippen LogP contribution in [0.4, 0.5) is 0 Å². The van der Waals surface area contributed by atoms with E-state index < -0.39 is 41.5 Å². The molecule has 1 atom stereocenters. The highest BCUT2D eigenvalue weighted by Crippen LogP contribution is 2.22. The topological polar surface area (TPSA) is 144 Å². The highest BCUT2D eigenvalue weighted by atomic mass is 16.7. The molecule has 2 saturated heterocycles. The second-order valence-electron chi connectivity index (χ2n) is 7.84. The Kier molecular flexibility index (Phi) is 8.40. The minimum absolute atomic E-state index is 0.0140. The summed E-state index contributed by atoms with van der Waals surface area (Å²) in [5, 5.41) is 0.936. The molecule has 0 N–H and O–H groups in total. The standard InChI is InChI=1S/C20H26N2O9/c1-12(2)14(20(29)31-22-17(26)9-10-18(22)27)11-13(23)5-3-4-6-19(28)30-21-15(24)7-8-16(21)25/h12,14H,3-11H2,1-2H3/t14-/m0/s1. The van der Waals surface area contributed by atoms with E-state index >= 15 is 0 Å². The molecule has 0 aromatic heterocycles. The quantitative estimate of drug-likeness (QED) is 0.340. The van der Waals surface area contributed by atoms with E-state index in [4.69, 9.17) is 9.68 Å². The number of hydrogen-bond acceptors (Lipinski definition) is 9. The van der Waals surface area contributed by atoms with Gasteiger partial charge >= 0.3 is 11.9 Å². The number of rotatable bonds is 11. The van der Waals surface area contributed by atoms with Crippen molar-refractivity contribution in [3.8, 4) is 0 Å². The summed E-state index contributed by atoms with van der Waals surface area (Å²) in [6.07, 6.45) is 0.563. The molecular formula is C20H26N2O9. The lowest BCUT2D eigenvalue weighted by Gasteiger charge is -2.21. The van der Waals surface area contributed by atoms with E-state index in [-0.39, 0.29) is 56.6 Å². The highest BCUT2D eigenvalue weighted by Gasteiger charge is 2.36. The van der Waals surface area contributed by atoms with E-state index in [0.717, 1.165) is 0 Å². The zero-order chi connectivity index (χ0) is 23.1. The molecule has 2 heterocycles. The first kappa shape index (κ1) is 24.2. The SMILES string of the molecule is CC(C)[C@H](CC(=O)CCCCC(=O)ON1C(=O)CCC1=O)C(=O)ON1C(=O)CCC1=O. The van der Waals surface area contributed by atoms with Crippen molar-refractivity contribution in [2.75, 3.05) is 0 Å². The predicted molar refractivity (Wildman–Crippen MR) is 101 cm³/mol. The van der Waals surface area contributed by atoms with Crippen LogP contribution in [-0.4, -0.2) is 51.5 Å². The first-order valence-electron chi connectivity index (χ1n) is 10.3. The van der Waals surface area contributed by atoms with E-state index in [1.807, 2.05) is 0 Å². The first-order chi connectivity index (χ1) is 14.6. The van der Waals surface area contributed by atoms with E-state index in [0.29, 0.717) is 23.0 Å². The Morgan fingerprint density at radius 1 is 0.774 bits per heavy atom. The molecule has 0 bridgehead atoms. The Hall–Kier alpha value is -3.11. The van der Waals surface area contributed by atoms with Gasteiger partial charge in [-0.25, -0.2) is 9.59 Å². The predicted octanol–water partition coefficient (Wildman–Crippen LogP) is 0.993. The van der Waals surface area contributed by atoms with Crippen molar-refractivity contribution in [1.82, 2.24) is 10.1 Å². The van der Waals surface area contributed by atoms with Gasteiger partial charge in [0.25, 0.3) is 23.6 Å². The Labute approximate surface area is 178 Å². The van der Waals surface area contributed by atoms with Crippen LogP contribution in [0, 0.1) is 11.8 Å². The van der Waals surface area contributed by atoms with Gasteiger partial charge in [0.1, 0.15) is 5.78 Å². The zero-order valence-electron chi connectivity index (χ0n) is 17.6. The van der Waals surface area contributed by atoms with Crippen LogP contribution in [0.5, 0.6) is 0 Å². The van der Waals surface area contributed by atoms with Gasteiger partial charge in [-0.1, -0.05) is 13.8 Å². The average Bonchev–Trinajstić information content (AvgIpc) is 3.19. The number of hydroxylamine groups is 4. The van der Waals surface area contributed by atoms with Crippen LogP contribution in [0.1, 0.15) is 71.6 Å². The minimum Gasteiger partial charge on any atom is -0.330 e. The summed E-state index contributed by atoms with van der Waals surface area (Å²) in [4.78, 5) is 92.0. The molecule has 0 aliphatic carbocycles. The number of carbonyl (C=O) groups excluding carboxylic acids is 7. The number of imide groups is 2. The number of carbonyl (C=O) groups is 7. The highest BCUT2D eigenvalue weighted by molar-refractivity contribution is 6.02. The lowest BCUT2D eigenvalue weighted by Crippen LogP contribution is -2.36. The molecule has 2 rings (SSSR count). The summed E-state index contributed by atoms with van der Waals surface area (Å²) in [7, 11) is 0. The van der Waals surface area contributed by atoms with Crippen molar-refractivity contribution in [2.24, 2.45) is 11.8 Å². The Morgan fingerprint density at radius 2 is 1.23 bits per heavy atom. The lowest BCUT2D eigenvalue weighted by atomic mass is 9.89. The Bertz CT molecular complexity index is 758. The van der Waals surface area contributed by atoms with Crippen LogP contribution >= 0.6 is 0 Å². The maximum absolute atomic E-state index is 12.4. The van der Waals surface area contributed by atoms with Gasteiger partial charge in [0.2, 0.25) is 0 Å². The number of amides is 4. The molecule has 0 saturated carbocycles. The van der Waals surface area contributed by atoms with Crippen LogP contribution in [0.15, 0.2) is 0 Å². The zero-order valence-corrected chi connectivity index (χ0v) is 17.6. The molecule has 0 radical (unpaired) electrons. The van der Waals surface area contributed by atoms with Gasteiger partial charge in [-0.15, -0.1) is 10.1 Å². The summed E-state index contributed by atoms with van der Waals surface area (Å²) in [5.41, 5.74) is 0. The van der Waals surface area contributed by atoms with Gasteiger partial charge in [0.15, 0.2) is 0 Å². The van der Waals surface area contributed by atoms with E-state index in [1.165, 1.54) is 0 Å². The summed E-state index contributed by atoms with van der Waals surface area (Å²) >= 11 is 0. The normalized spacial score (nSPS) is 17.5. The van der Waals surface area contributed by atoms with Gasteiger partial charge < -0.3 is 9.68 Å². The average molecular weight is 438 g/mol. The van der Waals surface area contributed by atoms with E-state index in [1.54, 1.807) is 13.8 Å². The monoisotopic (exact) mass is 438 g/mol. The maximum Gasteiger partial charge on any atom is 0.336 e. The van der Waals surface area contributed by atoms with Gasteiger partial charge in [0.05, 0.1) is 5.92 Å². The Balaban J connectivity index is 1.72. The fourth-order valence-corrected chi connectivity index (χ4v) is 3.15. The van der Waals surface area contributed by atoms with Crippen LogP contribution in [-0.2, 0) is 43.2 Å². The fourth-order valence-electron chi connectivity index (χ4n) is 3.15. The van der Waals surface area contributed by atoms with Crippen molar-refractivity contribution in [3.63, 3.8) is 0 Å². The summed E-state index contributed by atoms with van der Waals surface area (Å²) in [6, 6.07) is 0. The van der Waals surface area contributed by atoms with Crippen molar-refractivity contribution in [1.29, 1.82) is 0 Å². The smallest absolute Gasteiger partial charge is 0.330 e. The largest absolute Gasteiger partial charge is 0.336 e. The maximum atomic E-state index is 12.4. The minimum atomic E-state index is -0.814. The van der Waals surface area contributed by atoms with Gasteiger partial charge in [0, 0.05) is 44.9 Å². The van der Waals surface area contributed by atoms with Crippen LogP contribution < -0.4 is 0 Å². The summed E-state index contributed by atoms with van der Waals surface area (Å²) in [6.45, 7) is 3.45. The van der Waals surface area contributed by atoms with Crippen molar-refractivity contribution in [2.45, 2.75) is 71.6 Å². The Morgan fingerprint density at radius 3 is 1.71 bits per heavy atom. The van der Waals surface area contributed by atoms with E-state index in [2.05, 4.69) is 0 Å². The number of nitrogens with zero attached hydrogens (tertiary/aromatic N) is 2. The number of Topliss-reactive ketones (excluding diaryl/α,β-unsaturated/α-hetero) is 1. The van der Waals surface area contributed by atoms with Crippen molar-refractivity contribution >= 4 is 41.4 Å². The molecule has 2 aliphatic heterocycles. The molecule has 31 heavy (non-hydrogen) atoms. The van der Waals surface area contributed by atoms with Gasteiger partial charge in [-0.3, -0.25) is 24.0 Å². The number of unbranched alkanes of at least 4 members (excludes halogenated alkanes) is 1. The molecule has 11 heteroatoms. The fraction of sp³-hybridized carbons (Fsp3) is 0.650. The van der Waals surface area contributed by atoms with E-state index in [9.17, 15) is 33.6 Å². The molecule has 2 aliphatic rings. The molecule has 11 nitrogen and oxygen atoms in total. The summed E-state index contributed by atoms with van der Waals surface area (Å²) in [5.74, 6) is -5.13. The second-order valence-corrected chi connectivity index (χ2v) is 7.84. The van der Waals surface area contributed by atoms with Crippen LogP contribution in [0.3, 0.4) is 0 Å². The third kappa shape index (κ3) is 6.69. The van der Waals surface area contributed by atoms with Gasteiger partial charge in [-0.2, -0.15) is 0 Å². The van der Waals surface area contributed by atoms with Gasteiger partial charge in [-0.05, 0) is 18.8 Å². The molecule has 170 valence electrons.